The van der Waals surface area contributed by atoms with Crippen molar-refractivity contribution in [1.29, 1.82) is 5.26 Å². The molecule has 0 aliphatic heterocycles. The van der Waals surface area contributed by atoms with Crippen molar-refractivity contribution in [2.24, 2.45) is 0 Å². The van der Waals surface area contributed by atoms with Crippen molar-refractivity contribution in [1.82, 2.24) is 9.88 Å². The van der Waals surface area contributed by atoms with Crippen molar-refractivity contribution >= 4 is 11.7 Å². The summed E-state index contributed by atoms with van der Waals surface area (Å²) >= 11 is 0. The Morgan fingerprint density at radius 2 is 2.28 bits per heavy atom. The van der Waals surface area contributed by atoms with Crippen molar-refractivity contribution in [3.8, 4) is 6.07 Å². The number of pyridine rings is 1. The molecule has 0 saturated heterocycles. The molecule has 1 atom stereocenters. The number of hydrogen-bond acceptors (Lipinski definition) is 4. The third-order valence-electron chi connectivity index (χ3n) is 2.73. The van der Waals surface area contributed by atoms with Gasteiger partial charge in [0.25, 0.3) is 0 Å². The van der Waals surface area contributed by atoms with E-state index in [0.29, 0.717) is 17.9 Å². The van der Waals surface area contributed by atoms with Gasteiger partial charge in [0.1, 0.15) is 17.9 Å². The normalized spacial score (nSPS) is 11.5. The fraction of sp³-hybridized carbons (Fsp3) is 0.462. The zero-order chi connectivity index (χ0) is 13.7. The Labute approximate surface area is 107 Å². The number of amides is 1. The summed E-state index contributed by atoms with van der Waals surface area (Å²) in [4.78, 5) is 17.8. The van der Waals surface area contributed by atoms with Crippen LogP contribution in [0.3, 0.4) is 0 Å². The minimum Gasteiger partial charge on any atom is -0.358 e. The molecule has 0 fully saturated rings. The van der Waals surface area contributed by atoms with E-state index in [1.807, 2.05) is 13.8 Å². The van der Waals surface area contributed by atoms with Gasteiger partial charge in [-0.3, -0.25) is 4.79 Å². The molecule has 5 heteroatoms. The molecule has 1 amide bonds. The first-order valence-electron chi connectivity index (χ1n) is 5.88. The van der Waals surface area contributed by atoms with Gasteiger partial charge in [0.15, 0.2) is 0 Å². The Morgan fingerprint density at radius 3 is 2.83 bits per heavy atom. The Balaban J connectivity index is 2.88. The largest absolute Gasteiger partial charge is 0.358 e. The number of aryl methyl sites for hydroxylation is 1. The van der Waals surface area contributed by atoms with E-state index in [4.69, 9.17) is 5.26 Å². The molecule has 1 aromatic rings. The van der Waals surface area contributed by atoms with E-state index in [9.17, 15) is 4.79 Å². The third kappa shape index (κ3) is 3.20. The number of aromatic nitrogens is 1. The topological polar surface area (TPSA) is 69.0 Å². The molecule has 5 nitrogen and oxygen atoms in total. The van der Waals surface area contributed by atoms with Crippen LogP contribution in [0.25, 0.3) is 0 Å². The number of carbonyl (C=O) groups is 1. The van der Waals surface area contributed by atoms with E-state index in [1.54, 1.807) is 31.0 Å². The average Bonchev–Trinajstić information content (AvgIpc) is 2.37. The maximum atomic E-state index is 11.9. The quantitative estimate of drug-likeness (QED) is 0.875. The molecule has 1 unspecified atom stereocenters. The second-order valence-corrected chi connectivity index (χ2v) is 4.18. The van der Waals surface area contributed by atoms with Gasteiger partial charge in [-0.2, -0.15) is 5.26 Å². The van der Waals surface area contributed by atoms with Gasteiger partial charge in [-0.05, 0) is 32.9 Å². The minimum absolute atomic E-state index is 0.0234. The molecule has 18 heavy (non-hydrogen) atoms. The lowest BCUT2D eigenvalue weighted by molar-refractivity contribution is -0.130. The van der Waals surface area contributed by atoms with E-state index in [-0.39, 0.29) is 5.91 Å². The molecule has 0 aromatic carbocycles. The van der Waals surface area contributed by atoms with Crippen molar-refractivity contribution in [2.75, 3.05) is 18.9 Å². The van der Waals surface area contributed by atoms with E-state index in [2.05, 4.69) is 16.4 Å². The van der Waals surface area contributed by atoms with Crippen molar-refractivity contribution in [3.05, 3.63) is 23.4 Å². The van der Waals surface area contributed by atoms with Crippen LogP contribution in [0, 0.1) is 18.3 Å². The maximum Gasteiger partial charge on any atom is 0.244 e. The standard InChI is InChI=1S/C13H18N4O/c1-5-17(4)13(18)10(3)16-12-11(8-14)7-6-9(2)15-12/h6-7,10H,5H2,1-4H3,(H,15,16). The molecule has 1 aromatic heterocycles. The number of likely N-dealkylation sites (N-methyl/N-ethyl adjacent to an activating group) is 1. The molecule has 1 heterocycles. The van der Waals surface area contributed by atoms with Gasteiger partial charge in [-0.25, -0.2) is 4.98 Å². The number of anilines is 1. The molecule has 0 aliphatic rings. The number of nitrogens with zero attached hydrogens (tertiary/aromatic N) is 3. The Bertz CT molecular complexity index is 478. The highest BCUT2D eigenvalue weighted by atomic mass is 16.2. The second kappa shape index (κ2) is 6.01. The highest BCUT2D eigenvalue weighted by molar-refractivity contribution is 5.84. The molecule has 0 saturated carbocycles. The van der Waals surface area contributed by atoms with Crippen LogP contribution < -0.4 is 5.32 Å². The van der Waals surface area contributed by atoms with Crippen LogP contribution in [-0.2, 0) is 4.79 Å². The molecule has 0 spiro atoms. The molecule has 0 bridgehead atoms. The highest BCUT2D eigenvalue weighted by Gasteiger charge is 2.17. The van der Waals surface area contributed by atoms with Gasteiger partial charge in [-0.15, -0.1) is 0 Å². The summed E-state index contributed by atoms with van der Waals surface area (Å²) in [5, 5.41) is 12.0. The average molecular weight is 246 g/mol. The third-order valence-corrected chi connectivity index (χ3v) is 2.73. The van der Waals surface area contributed by atoms with Crippen molar-refractivity contribution < 1.29 is 4.79 Å². The Morgan fingerprint density at radius 1 is 1.61 bits per heavy atom. The first-order valence-corrected chi connectivity index (χ1v) is 5.88. The Kier molecular flexibility index (Phi) is 4.67. The lowest BCUT2D eigenvalue weighted by Crippen LogP contribution is -2.39. The molecular weight excluding hydrogens is 228 g/mol. The summed E-state index contributed by atoms with van der Waals surface area (Å²) in [6, 6.07) is 5.13. The molecule has 0 aliphatic carbocycles. The predicted molar refractivity (Wildman–Crippen MR) is 70.1 cm³/mol. The predicted octanol–water partition coefficient (Wildman–Crippen LogP) is 1.54. The monoisotopic (exact) mass is 246 g/mol. The lowest BCUT2D eigenvalue weighted by atomic mass is 10.2. The van der Waals surface area contributed by atoms with Gasteiger partial charge in [-0.1, -0.05) is 0 Å². The van der Waals surface area contributed by atoms with Crippen LogP contribution in [-0.4, -0.2) is 35.4 Å². The van der Waals surface area contributed by atoms with Crippen LogP contribution in [0.5, 0.6) is 0 Å². The number of rotatable bonds is 4. The van der Waals surface area contributed by atoms with Crippen LogP contribution in [0.1, 0.15) is 25.1 Å². The second-order valence-electron chi connectivity index (χ2n) is 4.18. The van der Waals surface area contributed by atoms with Crippen LogP contribution >= 0.6 is 0 Å². The van der Waals surface area contributed by atoms with Crippen LogP contribution in [0.2, 0.25) is 0 Å². The lowest BCUT2D eigenvalue weighted by Gasteiger charge is -2.21. The van der Waals surface area contributed by atoms with Gasteiger partial charge in [0.2, 0.25) is 5.91 Å². The smallest absolute Gasteiger partial charge is 0.244 e. The number of nitrogens with one attached hydrogen (secondary N) is 1. The zero-order valence-electron chi connectivity index (χ0n) is 11.2. The van der Waals surface area contributed by atoms with E-state index in [1.165, 1.54) is 0 Å². The minimum atomic E-state index is -0.406. The summed E-state index contributed by atoms with van der Waals surface area (Å²) in [7, 11) is 1.75. The van der Waals surface area contributed by atoms with Gasteiger partial charge >= 0.3 is 0 Å². The molecular formula is C13H18N4O. The molecule has 96 valence electrons. The highest BCUT2D eigenvalue weighted by Crippen LogP contribution is 2.13. The molecule has 0 radical (unpaired) electrons. The van der Waals surface area contributed by atoms with Gasteiger partial charge < -0.3 is 10.2 Å². The molecule has 1 rings (SSSR count). The summed E-state index contributed by atoms with van der Waals surface area (Å²) in [6.07, 6.45) is 0. The van der Waals surface area contributed by atoms with Gasteiger partial charge in [0.05, 0.1) is 5.56 Å². The van der Waals surface area contributed by atoms with E-state index in [0.717, 1.165) is 5.69 Å². The summed E-state index contributed by atoms with van der Waals surface area (Å²) in [6.45, 7) is 6.17. The number of carbonyl (C=O) groups excluding carboxylic acids is 1. The van der Waals surface area contributed by atoms with E-state index < -0.39 is 6.04 Å². The summed E-state index contributed by atoms with van der Waals surface area (Å²) in [5.74, 6) is 0.438. The van der Waals surface area contributed by atoms with Crippen molar-refractivity contribution in [2.45, 2.75) is 26.8 Å². The number of nitriles is 1. The number of hydrogen-bond donors (Lipinski definition) is 1. The van der Waals surface area contributed by atoms with Gasteiger partial charge in [0, 0.05) is 19.3 Å². The first-order chi connectivity index (χ1) is 8.49. The van der Waals surface area contributed by atoms with Crippen LogP contribution in [0.4, 0.5) is 5.82 Å². The zero-order valence-corrected chi connectivity index (χ0v) is 11.2. The van der Waals surface area contributed by atoms with E-state index >= 15 is 0 Å². The summed E-state index contributed by atoms with van der Waals surface area (Å²) < 4.78 is 0. The fourth-order valence-corrected chi connectivity index (χ4v) is 1.51. The summed E-state index contributed by atoms with van der Waals surface area (Å²) in [5.41, 5.74) is 1.25. The first kappa shape index (κ1) is 14.0. The van der Waals surface area contributed by atoms with Crippen molar-refractivity contribution in [3.63, 3.8) is 0 Å². The fourth-order valence-electron chi connectivity index (χ4n) is 1.51. The van der Waals surface area contributed by atoms with Crippen LogP contribution in [0.15, 0.2) is 12.1 Å². The SMILES string of the molecule is CCN(C)C(=O)C(C)Nc1nc(C)ccc1C#N. The Hall–Kier alpha value is -2.09. The molecule has 1 N–H and O–H groups in total. The maximum absolute atomic E-state index is 11.9.